The van der Waals surface area contributed by atoms with Gasteiger partial charge in [0.15, 0.2) is 17.5 Å². The smallest absolute Gasteiger partial charge is 0.417 e. The van der Waals surface area contributed by atoms with Crippen LogP contribution in [-0.4, -0.2) is 21.5 Å². The molecule has 2 aromatic heterocycles. The Morgan fingerprint density at radius 3 is 2.30 bits per heavy atom. The zero-order valence-electron chi connectivity index (χ0n) is 16.6. The normalized spacial score (nSPS) is 11.6. The first-order valence-electron chi connectivity index (χ1n) is 9.54. The van der Waals surface area contributed by atoms with E-state index in [1.54, 1.807) is 24.3 Å². The summed E-state index contributed by atoms with van der Waals surface area (Å²) in [6.45, 7) is 0.268. The lowest BCUT2D eigenvalue weighted by Crippen LogP contribution is -2.08. The second-order valence-corrected chi connectivity index (χ2v) is 6.91. The number of nitrogens with zero attached hydrogens (tertiary/aromatic N) is 3. The van der Waals surface area contributed by atoms with E-state index < -0.39 is 29.2 Å². The maximum Gasteiger partial charge on any atom is 0.417 e. The molecule has 0 aliphatic rings. The third kappa shape index (κ3) is 4.97. The van der Waals surface area contributed by atoms with Gasteiger partial charge in [0.05, 0.1) is 10.9 Å². The van der Waals surface area contributed by atoms with Crippen LogP contribution in [-0.2, 0) is 12.6 Å². The van der Waals surface area contributed by atoms with E-state index in [9.17, 15) is 26.3 Å². The maximum absolute atomic E-state index is 14.2. The van der Waals surface area contributed by atoms with Crippen molar-refractivity contribution in [2.24, 2.45) is 0 Å². The summed E-state index contributed by atoms with van der Waals surface area (Å²) in [6, 6.07) is 9.09. The fourth-order valence-corrected chi connectivity index (χ4v) is 3.05. The average molecular weight is 464 g/mol. The van der Waals surface area contributed by atoms with Gasteiger partial charge in [-0.15, -0.1) is 0 Å². The van der Waals surface area contributed by atoms with Crippen molar-refractivity contribution in [1.82, 2.24) is 15.0 Å². The van der Waals surface area contributed by atoms with Crippen molar-refractivity contribution < 1.29 is 31.1 Å². The van der Waals surface area contributed by atoms with E-state index in [-0.39, 0.29) is 29.1 Å². The van der Waals surface area contributed by atoms with Crippen molar-refractivity contribution in [3.63, 3.8) is 0 Å². The van der Waals surface area contributed by atoms with Crippen molar-refractivity contribution in [2.75, 3.05) is 11.9 Å². The molecule has 0 atom stereocenters. The highest BCUT2D eigenvalue weighted by molar-refractivity contribution is 5.89. The first kappa shape index (κ1) is 22.3. The van der Waals surface area contributed by atoms with Crippen molar-refractivity contribution >= 4 is 16.7 Å². The second-order valence-electron chi connectivity index (χ2n) is 6.91. The lowest BCUT2D eigenvalue weighted by Gasteiger charge is -2.10. The number of benzene rings is 2. The first-order valence-corrected chi connectivity index (χ1v) is 9.54. The van der Waals surface area contributed by atoms with Gasteiger partial charge in [0, 0.05) is 24.9 Å². The quantitative estimate of drug-likeness (QED) is 0.284. The molecule has 0 saturated carbocycles. The van der Waals surface area contributed by atoms with E-state index in [0.29, 0.717) is 24.4 Å². The van der Waals surface area contributed by atoms with Gasteiger partial charge in [0.2, 0.25) is 5.88 Å². The molecule has 0 fully saturated rings. The van der Waals surface area contributed by atoms with Gasteiger partial charge in [-0.25, -0.2) is 28.1 Å². The SMILES string of the molecule is Fc1cc(F)c2ncnc(NCCc3ccc(Oc4ccc(C(F)(F)F)cn4)cc3)c2c1F. The number of halogens is 6. The Morgan fingerprint density at radius 2 is 1.64 bits per heavy atom. The summed E-state index contributed by atoms with van der Waals surface area (Å²) in [5.41, 5.74) is -0.365. The Labute approximate surface area is 183 Å². The number of aromatic nitrogens is 3. The highest BCUT2D eigenvalue weighted by Crippen LogP contribution is 2.30. The van der Waals surface area contributed by atoms with Crippen molar-refractivity contribution in [1.29, 1.82) is 0 Å². The van der Waals surface area contributed by atoms with Crippen molar-refractivity contribution in [3.05, 3.63) is 83.6 Å². The largest absolute Gasteiger partial charge is 0.439 e. The average Bonchev–Trinajstić information content (AvgIpc) is 2.78. The molecule has 0 unspecified atom stereocenters. The molecule has 0 aliphatic carbocycles. The Hall–Kier alpha value is -3.89. The third-order valence-corrected chi connectivity index (χ3v) is 4.67. The van der Waals surface area contributed by atoms with Crippen LogP contribution in [0.2, 0.25) is 0 Å². The number of fused-ring (bicyclic) bond motifs is 1. The topological polar surface area (TPSA) is 59.9 Å². The van der Waals surface area contributed by atoms with E-state index >= 15 is 0 Å². The van der Waals surface area contributed by atoms with Crippen LogP contribution in [0, 0.1) is 17.5 Å². The lowest BCUT2D eigenvalue weighted by molar-refractivity contribution is -0.137. The van der Waals surface area contributed by atoms with Crippen LogP contribution in [0.1, 0.15) is 11.1 Å². The van der Waals surface area contributed by atoms with E-state index in [1.165, 1.54) is 0 Å². The number of nitrogens with one attached hydrogen (secondary N) is 1. The molecule has 4 aromatic rings. The molecule has 0 amide bonds. The summed E-state index contributed by atoms with van der Waals surface area (Å²) in [5.74, 6) is -3.23. The monoisotopic (exact) mass is 464 g/mol. The molecule has 5 nitrogen and oxygen atoms in total. The predicted molar refractivity (Wildman–Crippen MR) is 107 cm³/mol. The molecule has 0 radical (unpaired) electrons. The van der Waals surface area contributed by atoms with Crippen molar-refractivity contribution in [3.8, 4) is 11.6 Å². The zero-order valence-corrected chi connectivity index (χ0v) is 16.6. The summed E-state index contributed by atoms with van der Waals surface area (Å²) in [4.78, 5) is 11.2. The molecule has 0 saturated heterocycles. The number of ether oxygens (including phenoxy) is 1. The molecule has 2 aromatic carbocycles. The van der Waals surface area contributed by atoms with Crippen LogP contribution < -0.4 is 10.1 Å². The summed E-state index contributed by atoms with van der Waals surface area (Å²) < 4.78 is 84.8. The highest BCUT2D eigenvalue weighted by Gasteiger charge is 2.30. The zero-order chi connectivity index (χ0) is 23.6. The second kappa shape index (κ2) is 8.93. The Kier molecular flexibility index (Phi) is 6.03. The van der Waals surface area contributed by atoms with Gasteiger partial charge in [-0.2, -0.15) is 13.2 Å². The minimum Gasteiger partial charge on any atom is -0.439 e. The Bertz CT molecular complexity index is 1280. The summed E-state index contributed by atoms with van der Waals surface area (Å²) in [6.07, 6.45) is -2.30. The van der Waals surface area contributed by atoms with Crippen LogP contribution in [0.3, 0.4) is 0 Å². The minimum absolute atomic E-state index is 0.00884. The molecule has 1 N–H and O–H groups in total. The van der Waals surface area contributed by atoms with Crippen LogP contribution in [0.15, 0.2) is 55.0 Å². The maximum atomic E-state index is 14.2. The highest BCUT2D eigenvalue weighted by atomic mass is 19.4. The molecule has 33 heavy (non-hydrogen) atoms. The molecule has 4 rings (SSSR count). The lowest BCUT2D eigenvalue weighted by atomic mass is 10.1. The number of alkyl halides is 3. The van der Waals surface area contributed by atoms with E-state index in [2.05, 4.69) is 20.3 Å². The predicted octanol–water partition coefficient (Wildman–Crippen LogP) is 5.91. The Balaban J connectivity index is 1.39. The molecule has 0 spiro atoms. The number of pyridine rings is 1. The molecular formula is C22H14F6N4O. The molecule has 2 heterocycles. The van der Waals surface area contributed by atoms with Gasteiger partial charge in [0.25, 0.3) is 0 Å². The van der Waals surface area contributed by atoms with Crippen LogP contribution in [0.5, 0.6) is 11.6 Å². The standard InChI is InChI=1S/C22H14F6N4O/c23-15-9-16(24)20-18(19(15)25)21(32-11-31-20)29-8-7-12-1-4-14(5-2-12)33-17-6-3-13(10-30-17)22(26,27)28/h1-6,9-11H,7-8H2,(H,29,31,32). The van der Waals surface area contributed by atoms with Crippen LogP contribution >= 0.6 is 0 Å². The summed E-state index contributed by atoms with van der Waals surface area (Å²) in [5, 5.41) is 2.47. The van der Waals surface area contributed by atoms with Gasteiger partial charge in [-0.1, -0.05) is 12.1 Å². The van der Waals surface area contributed by atoms with E-state index in [4.69, 9.17) is 4.74 Å². The fourth-order valence-electron chi connectivity index (χ4n) is 3.05. The summed E-state index contributed by atoms with van der Waals surface area (Å²) >= 11 is 0. The molecule has 0 aliphatic heterocycles. The molecule has 11 heteroatoms. The van der Waals surface area contributed by atoms with E-state index in [1.807, 2.05) is 0 Å². The fraction of sp³-hybridized carbons (Fsp3) is 0.136. The first-order chi connectivity index (χ1) is 15.7. The van der Waals surface area contributed by atoms with Crippen LogP contribution in [0.25, 0.3) is 10.9 Å². The van der Waals surface area contributed by atoms with Gasteiger partial charge in [-0.3, -0.25) is 0 Å². The van der Waals surface area contributed by atoms with Gasteiger partial charge >= 0.3 is 6.18 Å². The van der Waals surface area contributed by atoms with Crippen LogP contribution in [0.4, 0.5) is 32.2 Å². The Morgan fingerprint density at radius 1 is 0.879 bits per heavy atom. The van der Waals surface area contributed by atoms with Gasteiger partial charge in [-0.05, 0) is 30.2 Å². The van der Waals surface area contributed by atoms with E-state index in [0.717, 1.165) is 24.0 Å². The number of hydrogen-bond donors (Lipinski definition) is 1. The number of rotatable bonds is 6. The molecule has 170 valence electrons. The van der Waals surface area contributed by atoms with Gasteiger partial charge in [0.1, 0.15) is 23.4 Å². The number of anilines is 1. The summed E-state index contributed by atoms with van der Waals surface area (Å²) in [7, 11) is 0. The van der Waals surface area contributed by atoms with Crippen molar-refractivity contribution in [2.45, 2.75) is 12.6 Å². The molecular weight excluding hydrogens is 450 g/mol. The minimum atomic E-state index is -4.48. The van der Waals surface area contributed by atoms with Gasteiger partial charge < -0.3 is 10.1 Å². The molecule has 0 bridgehead atoms. The number of hydrogen-bond acceptors (Lipinski definition) is 5. The third-order valence-electron chi connectivity index (χ3n) is 4.67.